The SMILES string of the molecule is C/C(=C\c1ccccc1)c1ccncc1. The Morgan fingerprint density at radius 3 is 2.33 bits per heavy atom. The van der Waals surface area contributed by atoms with Gasteiger partial charge in [-0.3, -0.25) is 4.98 Å². The van der Waals surface area contributed by atoms with Gasteiger partial charge in [0.1, 0.15) is 0 Å². The van der Waals surface area contributed by atoms with Gasteiger partial charge in [0.15, 0.2) is 0 Å². The average molecular weight is 195 g/mol. The van der Waals surface area contributed by atoms with Gasteiger partial charge in [-0.15, -0.1) is 0 Å². The highest BCUT2D eigenvalue weighted by atomic mass is 14.6. The summed E-state index contributed by atoms with van der Waals surface area (Å²) >= 11 is 0. The molecular weight excluding hydrogens is 182 g/mol. The van der Waals surface area contributed by atoms with Crippen LogP contribution in [0.15, 0.2) is 54.9 Å². The van der Waals surface area contributed by atoms with Gasteiger partial charge < -0.3 is 0 Å². The molecule has 2 rings (SSSR count). The van der Waals surface area contributed by atoms with Gasteiger partial charge >= 0.3 is 0 Å². The fourth-order valence-corrected chi connectivity index (χ4v) is 1.50. The van der Waals surface area contributed by atoms with Crippen LogP contribution in [0, 0.1) is 0 Å². The number of aromatic nitrogens is 1. The Balaban J connectivity index is 2.29. The zero-order chi connectivity index (χ0) is 10.5. The molecule has 0 aliphatic rings. The van der Waals surface area contributed by atoms with Gasteiger partial charge in [0.25, 0.3) is 0 Å². The van der Waals surface area contributed by atoms with Crippen LogP contribution in [-0.2, 0) is 0 Å². The third-order valence-electron chi connectivity index (χ3n) is 2.32. The first kappa shape index (κ1) is 9.66. The second kappa shape index (κ2) is 4.56. The molecule has 0 aliphatic heterocycles. The first-order valence-corrected chi connectivity index (χ1v) is 5.00. The van der Waals surface area contributed by atoms with Gasteiger partial charge in [0.05, 0.1) is 0 Å². The highest BCUT2D eigenvalue weighted by molar-refractivity contribution is 5.79. The fraction of sp³-hybridized carbons (Fsp3) is 0.0714. The summed E-state index contributed by atoms with van der Waals surface area (Å²) in [6, 6.07) is 14.4. The molecule has 0 saturated heterocycles. The van der Waals surface area contributed by atoms with Crippen LogP contribution in [-0.4, -0.2) is 4.98 Å². The molecule has 0 atom stereocenters. The molecule has 0 amide bonds. The highest BCUT2D eigenvalue weighted by Crippen LogP contribution is 2.16. The number of pyridine rings is 1. The first-order valence-electron chi connectivity index (χ1n) is 5.00. The van der Waals surface area contributed by atoms with Gasteiger partial charge in [0.2, 0.25) is 0 Å². The zero-order valence-corrected chi connectivity index (χ0v) is 8.72. The Morgan fingerprint density at radius 2 is 1.67 bits per heavy atom. The van der Waals surface area contributed by atoms with Crippen LogP contribution in [0.3, 0.4) is 0 Å². The van der Waals surface area contributed by atoms with E-state index in [0.717, 1.165) is 0 Å². The number of hydrogen-bond acceptors (Lipinski definition) is 1. The van der Waals surface area contributed by atoms with Gasteiger partial charge in [-0.05, 0) is 35.8 Å². The maximum absolute atomic E-state index is 4.01. The van der Waals surface area contributed by atoms with Crippen molar-refractivity contribution >= 4 is 11.6 Å². The summed E-state index contributed by atoms with van der Waals surface area (Å²) in [5, 5.41) is 0. The standard InChI is InChI=1S/C14H13N/c1-12(14-7-9-15-10-8-14)11-13-5-3-2-4-6-13/h2-11H,1H3/b12-11+. The lowest BCUT2D eigenvalue weighted by atomic mass is 10.1. The summed E-state index contributed by atoms with van der Waals surface area (Å²) in [5.74, 6) is 0. The highest BCUT2D eigenvalue weighted by Gasteiger charge is 1.94. The van der Waals surface area contributed by atoms with Gasteiger partial charge in [-0.25, -0.2) is 0 Å². The minimum absolute atomic E-state index is 1.22. The topological polar surface area (TPSA) is 12.9 Å². The van der Waals surface area contributed by atoms with E-state index in [9.17, 15) is 0 Å². The van der Waals surface area contributed by atoms with Crippen LogP contribution in [0.1, 0.15) is 18.1 Å². The van der Waals surface area contributed by atoms with Crippen molar-refractivity contribution in [1.29, 1.82) is 0 Å². The lowest BCUT2D eigenvalue weighted by Gasteiger charge is -2.00. The predicted octanol–water partition coefficient (Wildman–Crippen LogP) is 3.64. The molecule has 0 fully saturated rings. The molecule has 2 aromatic rings. The summed E-state index contributed by atoms with van der Waals surface area (Å²) in [5.41, 5.74) is 3.70. The van der Waals surface area contributed by atoms with Crippen molar-refractivity contribution in [2.75, 3.05) is 0 Å². The monoisotopic (exact) mass is 195 g/mol. The van der Waals surface area contributed by atoms with Crippen LogP contribution in [0.5, 0.6) is 0 Å². The van der Waals surface area contributed by atoms with E-state index in [1.54, 1.807) is 0 Å². The van der Waals surface area contributed by atoms with Gasteiger partial charge in [-0.1, -0.05) is 36.4 Å². The van der Waals surface area contributed by atoms with Crippen LogP contribution < -0.4 is 0 Å². The molecule has 1 nitrogen and oxygen atoms in total. The van der Waals surface area contributed by atoms with Crippen LogP contribution >= 0.6 is 0 Å². The Bertz CT molecular complexity index is 443. The molecular formula is C14H13N. The lowest BCUT2D eigenvalue weighted by Crippen LogP contribution is -1.80. The molecule has 0 bridgehead atoms. The van der Waals surface area contributed by atoms with Crippen LogP contribution in [0.2, 0.25) is 0 Å². The molecule has 0 aliphatic carbocycles. The predicted molar refractivity (Wildman–Crippen MR) is 64.2 cm³/mol. The molecule has 1 heteroatoms. The van der Waals surface area contributed by atoms with E-state index in [0.29, 0.717) is 0 Å². The van der Waals surface area contributed by atoms with Crippen molar-refractivity contribution in [3.05, 3.63) is 66.0 Å². The van der Waals surface area contributed by atoms with E-state index in [2.05, 4.69) is 30.1 Å². The summed E-state index contributed by atoms with van der Waals surface area (Å²) in [6.45, 7) is 2.11. The van der Waals surface area contributed by atoms with E-state index >= 15 is 0 Å². The molecule has 0 radical (unpaired) electrons. The van der Waals surface area contributed by atoms with Crippen LogP contribution in [0.25, 0.3) is 11.6 Å². The number of allylic oxidation sites excluding steroid dienone is 1. The van der Waals surface area contributed by atoms with E-state index < -0.39 is 0 Å². The molecule has 0 unspecified atom stereocenters. The van der Waals surface area contributed by atoms with Crippen molar-refractivity contribution in [2.24, 2.45) is 0 Å². The molecule has 0 N–H and O–H groups in total. The molecule has 74 valence electrons. The Kier molecular flexibility index (Phi) is 2.93. The van der Waals surface area contributed by atoms with Crippen molar-refractivity contribution < 1.29 is 0 Å². The van der Waals surface area contributed by atoms with Gasteiger partial charge in [0, 0.05) is 12.4 Å². The van der Waals surface area contributed by atoms with Crippen molar-refractivity contribution in [3.8, 4) is 0 Å². The molecule has 1 aromatic carbocycles. The minimum Gasteiger partial charge on any atom is -0.265 e. The van der Waals surface area contributed by atoms with E-state index in [-0.39, 0.29) is 0 Å². The van der Waals surface area contributed by atoms with E-state index in [1.165, 1.54) is 16.7 Å². The summed E-state index contributed by atoms with van der Waals surface area (Å²) < 4.78 is 0. The zero-order valence-electron chi connectivity index (χ0n) is 8.72. The second-order valence-corrected chi connectivity index (χ2v) is 3.47. The Morgan fingerprint density at radius 1 is 1.00 bits per heavy atom. The van der Waals surface area contributed by atoms with Crippen LogP contribution in [0.4, 0.5) is 0 Å². The van der Waals surface area contributed by atoms with Crippen molar-refractivity contribution in [3.63, 3.8) is 0 Å². The van der Waals surface area contributed by atoms with E-state index in [4.69, 9.17) is 0 Å². The van der Waals surface area contributed by atoms with E-state index in [1.807, 2.05) is 42.7 Å². The number of rotatable bonds is 2. The fourth-order valence-electron chi connectivity index (χ4n) is 1.50. The smallest absolute Gasteiger partial charge is 0.0273 e. The Labute approximate surface area is 90.1 Å². The third kappa shape index (κ3) is 2.53. The minimum atomic E-state index is 1.22. The lowest BCUT2D eigenvalue weighted by molar-refractivity contribution is 1.31. The summed E-state index contributed by atoms with van der Waals surface area (Å²) in [6.07, 6.45) is 5.81. The Hall–Kier alpha value is -1.89. The first-order chi connectivity index (χ1) is 7.36. The molecule has 0 saturated carbocycles. The molecule has 0 spiro atoms. The quantitative estimate of drug-likeness (QED) is 0.712. The third-order valence-corrected chi connectivity index (χ3v) is 2.32. The molecule has 1 aromatic heterocycles. The number of nitrogens with zero attached hydrogens (tertiary/aromatic N) is 1. The van der Waals surface area contributed by atoms with Crippen molar-refractivity contribution in [1.82, 2.24) is 4.98 Å². The van der Waals surface area contributed by atoms with Gasteiger partial charge in [-0.2, -0.15) is 0 Å². The van der Waals surface area contributed by atoms with Crippen molar-refractivity contribution in [2.45, 2.75) is 6.92 Å². The summed E-state index contributed by atoms with van der Waals surface area (Å²) in [4.78, 5) is 4.01. The second-order valence-electron chi connectivity index (χ2n) is 3.47. The average Bonchev–Trinajstić information content (AvgIpc) is 2.31. The normalized spacial score (nSPS) is 11.4. The largest absolute Gasteiger partial charge is 0.265 e. The maximum Gasteiger partial charge on any atom is 0.0273 e. The molecule has 15 heavy (non-hydrogen) atoms. The maximum atomic E-state index is 4.01. The summed E-state index contributed by atoms with van der Waals surface area (Å²) in [7, 11) is 0. The number of hydrogen-bond donors (Lipinski definition) is 0. The molecule has 1 heterocycles. The number of benzene rings is 1.